The Labute approximate surface area is 117 Å². The topological polar surface area (TPSA) is 65.7 Å². The van der Waals surface area contributed by atoms with Crippen molar-refractivity contribution in [2.45, 2.75) is 20.4 Å². The number of hydrogen-bond donors (Lipinski definition) is 0. The Morgan fingerprint density at radius 1 is 1.47 bits per heavy atom. The lowest BCUT2D eigenvalue weighted by Gasteiger charge is -2.09. The van der Waals surface area contributed by atoms with E-state index in [4.69, 9.17) is 9.47 Å². The Hall–Kier alpha value is -1.40. The van der Waals surface area contributed by atoms with Crippen molar-refractivity contribution in [1.29, 1.82) is 0 Å². The number of nitrogens with zero attached hydrogens (tertiary/aromatic N) is 3. The van der Waals surface area contributed by atoms with E-state index in [1.54, 1.807) is 10.7 Å². The molecule has 1 amide bonds. The number of ether oxygens (including phenoxy) is 2. The Morgan fingerprint density at radius 2 is 2.05 bits per heavy atom. The van der Waals surface area contributed by atoms with E-state index in [0.717, 1.165) is 32.1 Å². The maximum atomic E-state index is 11.3. The van der Waals surface area contributed by atoms with Crippen molar-refractivity contribution in [1.82, 2.24) is 9.78 Å². The van der Waals surface area contributed by atoms with E-state index in [2.05, 4.69) is 22.3 Å². The molecule has 1 aromatic heterocycles. The van der Waals surface area contributed by atoms with Crippen LogP contribution in [-0.2, 0) is 16.0 Å². The maximum absolute atomic E-state index is 11.3. The Bertz CT molecular complexity index is 451. The first-order valence-corrected chi connectivity index (χ1v) is 6.42. The van der Waals surface area contributed by atoms with Crippen molar-refractivity contribution in [3.63, 3.8) is 0 Å². The van der Waals surface area contributed by atoms with Crippen molar-refractivity contribution in [2.75, 3.05) is 26.4 Å². The number of hydrogen-bond acceptors (Lipinski definition) is 5. The number of carbonyl (C=O) groups excluding carboxylic acids is 1. The van der Waals surface area contributed by atoms with Gasteiger partial charge in [-0.2, -0.15) is 10.1 Å². The van der Waals surface area contributed by atoms with Crippen LogP contribution in [0.3, 0.4) is 0 Å². The summed E-state index contributed by atoms with van der Waals surface area (Å²) in [6.07, 6.45) is 0. The maximum Gasteiger partial charge on any atom is 0.304 e. The number of amides is 1. The molecule has 19 heavy (non-hydrogen) atoms. The van der Waals surface area contributed by atoms with Crippen LogP contribution in [0.15, 0.2) is 11.1 Å². The lowest BCUT2D eigenvalue weighted by atomic mass is 10.3. The molecule has 0 aromatic carbocycles. The number of aromatic nitrogens is 2. The molecule has 1 aliphatic heterocycles. The van der Waals surface area contributed by atoms with Crippen LogP contribution in [0.5, 0.6) is 0 Å². The zero-order chi connectivity index (χ0) is 14.1. The Balaban J connectivity index is 0.000000250. The second-order valence-electron chi connectivity index (χ2n) is 3.72. The van der Waals surface area contributed by atoms with Gasteiger partial charge in [0.2, 0.25) is 0 Å². The van der Waals surface area contributed by atoms with Gasteiger partial charge in [0.15, 0.2) is 0 Å². The summed E-state index contributed by atoms with van der Waals surface area (Å²) in [5, 5.41) is 6.15. The van der Waals surface area contributed by atoms with Gasteiger partial charge in [-0.05, 0) is 32.1 Å². The molecule has 6 nitrogen and oxygen atoms in total. The molecule has 0 radical (unpaired) electrons. The normalized spacial score (nSPS) is 14.0. The molecule has 1 saturated heterocycles. The number of carbonyl (C=O) groups is 1. The van der Waals surface area contributed by atoms with Crippen LogP contribution in [0, 0.1) is 6.92 Å². The van der Waals surface area contributed by atoms with E-state index in [1.807, 2.05) is 19.0 Å². The number of aryl methyl sites for hydroxylation is 2. The van der Waals surface area contributed by atoms with Gasteiger partial charge in [0, 0.05) is 6.54 Å². The van der Waals surface area contributed by atoms with Crippen LogP contribution in [0.2, 0.25) is 0 Å². The van der Waals surface area contributed by atoms with E-state index in [-0.39, 0.29) is 0 Å². The van der Waals surface area contributed by atoms with Gasteiger partial charge in [0.05, 0.1) is 37.3 Å². The van der Waals surface area contributed by atoms with E-state index >= 15 is 0 Å². The lowest BCUT2D eigenvalue weighted by molar-refractivity contribution is -0.0334. The minimum Gasteiger partial charge on any atom is -0.377 e. The summed E-state index contributed by atoms with van der Waals surface area (Å²) >= 11 is 4.35. The summed E-state index contributed by atoms with van der Waals surface area (Å²) in [6, 6.07) is 1.68. The molecule has 104 valence electrons. The zero-order valence-electron chi connectivity index (χ0n) is 11.1. The van der Waals surface area contributed by atoms with Gasteiger partial charge >= 0.3 is 5.91 Å². The second kappa shape index (κ2) is 8.66. The summed E-state index contributed by atoms with van der Waals surface area (Å²) in [7, 11) is 0. The van der Waals surface area contributed by atoms with Crippen LogP contribution in [0.1, 0.15) is 23.1 Å². The quantitative estimate of drug-likeness (QED) is 0.607. The fourth-order valence-electron chi connectivity index (χ4n) is 1.50. The third-order valence-corrected chi connectivity index (χ3v) is 2.40. The lowest BCUT2D eigenvalue weighted by Crippen LogP contribution is -2.16. The molecule has 0 aliphatic carbocycles. The second-order valence-corrected chi connectivity index (χ2v) is 3.90. The van der Waals surface area contributed by atoms with Gasteiger partial charge in [-0.3, -0.25) is 9.48 Å². The third-order valence-electron chi connectivity index (χ3n) is 2.31. The molecular formula is C12H17N3O3S. The molecule has 0 saturated carbocycles. The molecular weight excluding hydrogens is 266 g/mol. The van der Waals surface area contributed by atoms with E-state index in [1.165, 1.54) is 0 Å². The molecule has 7 heteroatoms. The highest BCUT2D eigenvalue weighted by Gasteiger charge is 2.11. The van der Waals surface area contributed by atoms with Crippen molar-refractivity contribution < 1.29 is 14.3 Å². The van der Waals surface area contributed by atoms with Crippen LogP contribution >= 0.6 is 12.2 Å². The summed E-state index contributed by atoms with van der Waals surface area (Å²) in [5.74, 6) is -0.391. The standard InChI is InChI=1S/C8H9N3OS.C4H8O2/c1-3-11-7(4-6(2)10-11)8(12)9-5-13;1-2-6-4-3-5-1/h4H,3H2,1-2H3;1-4H2. The summed E-state index contributed by atoms with van der Waals surface area (Å²) < 4.78 is 11.5. The fraction of sp³-hybridized carbons (Fsp3) is 0.583. The van der Waals surface area contributed by atoms with Crippen molar-refractivity contribution in [3.05, 3.63) is 17.5 Å². The summed E-state index contributed by atoms with van der Waals surface area (Å²) in [5.41, 5.74) is 1.25. The summed E-state index contributed by atoms with van der Waals surface area (Å²) in [6.45, 7) is 7.48. The van der Waals surface area contributed by atoms with Crippen LogP contribution in [0.25, 0.3) is 0 Å². The molecule has 1 aromatic rings. The average Bonchev–Trinajstić information content (AvgIpc) is 2.83. The number of aliphatic imine (C=N–C) groups is 1. The molecule has 1 aliphatic rings. The first kappa shape index (κ1) is 15.7. The predicted octanol–water partition coefficient (Wildman–Crippen LogP) is 1.49. The van der Waals surface area contributed by atoms with Gasteiger partial charge < -0.3 is 9.47 Å². The first-order valence-electron chi connectivity index (χ1n) is 6.01. The van der Waals surface area contributed by atoms with Gasteiger partial charge in [-0.1, -0.05) is 0 Å². The molecule has 0 N–H and O–H groups in total. The Morgan fingerprint density at radius 3 is 2.47 bits per heavy atom. The summed E-state index contributed by atoms with van der Waals surface area (Å²) in [4.78, 5) is 14.7. The highest BCUT2D eigenvalue weighted by atomic mass is 32.1. The van der Waals surface area contributed by atoms with Gasteiger partial charge in [-0.15, -0.1) is 0 Å². The Kier molecular flexibility index (Phi) is 7.14. The van der Waals surface area contributed by atoms with Gasteiger partial charge in [0.1, 0.15) is 5.69 Å². The average molecular weight is 283 g/mol. The largest absolute Gasteiger partial charge is 0.377 e. The molecule has 2 heterocycles. The molecule has 2 rings (SSSR count). The molecule has 1 fully saturated rings. The van der Waals surface area contributed by atoms with E-state index in [0.29, 0.717) is 12.2 Å². The molecule has 0 spiro atoms. The van der Waals surface area contributed by atoms with Crippen LogP contribution < -0.4 is 0 Å². The van der Waals surface area contributed by atoms with Gasteiger partial charge in [-0.25, -0.2) is 0 Å². The number of isothiocyanates is 1. The number of thiocarbonyl (C=S) groups is 1. The zero-order valence-corrected chi connectivity index (χ0v) is 11.9. The molecule has 0 bridgehead atoms. The van der Waals surface area contributed by atoms with Gasteiger partial charge in [0.25, 0.3) is 0 Å². The highest BCUT2D eigenvalue weighted by Crippen LogP contribution is 2.04. The minimum absolute atomic E-state index is 0.391. The number of rotatable bonds is 2. The highest BCUT2D eigenvalue weighted by molar-refractivity contribution is 7.78. The fourth-order valence-corrected chi connectivity index (χ4v) is 1.58. The predicted molar refractivity (Wildman–Crippen MR) is 73.6 cm³/mol. The SMILES string of the molecule is C1COCCO1.CCn1nc(C)cc1C(=O)N=C=S. The van der Waals surface area contributed by atoms with Crippen LogP contribution in [-0.4, -0.2) is 47.3 Å². The van der Waals surface area contributed by atoms with Crippen molar-refractivity contribution >= 4 is 23.3 Å². The molecule has 0 atom stereocenters. The first-order chi connectivity index (χ1) is 9.19. The van der Waals surface area contributed by atoms with Crippen LogP contribution in [0.4, 0.5) is 0 Å². The van der Waals surface area contributed by atoms with E-state index < -0.39 is 5.91 Å². The van der Waals surface area contributed by atoms with Crippen molar-refractivity contribution in [3.8, 4) is 0 Å². The smallest absolute Gasteiger partial charge is 0.304 e. The monoisotopic (exact) mass is 283 g/mol. The molecule has 0 unspecified atom stereocenters. The minimum atomic E-state index is -0.391. The van der Waals surface area contributed by atoms with E-state index in [9.17, 15) is 4.79 Å². The van der Waals surface area contributed by atoms with Crippen molar-refractivity contribution in [2.24, 2.45) is 4.99 Å². The third kappa shape index (κ3) is 5.40.